The molecule has 0 saturated carbocycles. The third-order valence-corrected chi connectivity index (χ3v) is 1.74. The van der Waals surface area contributed by atoms with Gasteiger partial charge in [-0.3, -0.25) is 25.1 Å². The molecule has 8 nitrogen and oxygen atoms in total. The van der Waals surface area contributed by atoms with Gasteiger partial charge < -0.3 is 0 Å². The van der Waals surface area contributed by atoms with E-state index in [4.69, 9.17) is 0 Å². The Kier molecular flexibility index (Phi) is 2.79. The monoisotopic (exact) mass is 213 g/mol. The topological polar surface area (TPSA) is 104 Å². The summed E-state index contributed by atoms with van der Waals surface area (Å²) in [6.45, 7) is 0. The van der Waals surface area contributed by atoms with Gasteiger partial charge in [-0.05, 0) is 0 Å². The Hall–Kier alpha value is -2.25. The Morgan fingerprint density at radius 1 is 1.27 bits per heavy atom. The zero-order valence-corrected chi connectivity index (χ0v) is 8.13. The number of nitrogens with one attached hydrogen (secondary N) is 1. The second-order valence-corrected chi connectivity index (χ2v) is 3.00. The number of anilines is 1. The van der Waals surface area contributed by atoms with Gasteiger partial charge in [-0.25, -0.2) is 4.98 Å². The number of pyridine rings is 1. The average molecular weight is 213 g/mol. The van der Waals surface area contributed by atoms with Crippen LogP contribution in [0.3, 0.4) is 0 Å². The van der Waals surface area contributed by atoms with Crippen molar-refractivity contribution in [2.24, 2.45) is 0 Å². The first kappa shape index (κ1) is 10.8. The molecule has 0 bridgehead atoms. The van der Waals surface area contributed by atoms with E-state index in [9.17, 15) is 20.2 Å². The minimum Gasteiger partial charge on any atom is -0.261 e. The molecule has 0 aliphatic heterocycles. The molecule has 0 unspecified atom stereocenters. The van der Waals surface area contributed by atoms with E-state index in [1.54, 1.807) is 14.1 Å². The molecule has 1 heterocycles. The lowest BCUT2D eigenvalue weighted by molar-refractivity contribution is -0.431. The summed E-state index contributed by atoms with van der Waals surface area (Å²) in [6.07, 6.45) is 1.11. The lowest BCUT2D eigenvalue weighted by Gasteiger charge is -2.02. The molecule has 1 aromatic rings. The summed E-state index contributed by atoms with van der Waals surface area (Å²) in [6, 6.07) is 0.922. The predicted octanol–water partition coefficient (Wildman–Crippen LogP) is 0.383. The highest BCUT2D eigenvalue weighted by Crippen LogP contribution is 2.24. The van der Waals surface area contributed by atoms with Crippen molar-refractivity contribution < 1.29 is 14.8 Å². The summed E-state index contributed by atoms with van der Waals surface area (Å²) < 4.78 is 0. The Bertz CT molecular complexity index is 417. The fraction of sp³-hybridized carbons (Fsp3) is 0.286. The zero-order valence-electron chi connectivity index (χ0n) is 8.13. The second-order valence-electron chi connectivity index (χ2n) is 3.00. The summed E-state index contributed by atoms with van der Waals surface area (Å²) in [7, 11) is 3.20. The van der Waals surface area contributed by atoms with Gasteiger partial charge in [0.15, 0.2) is 6.20 Å². The number of rotatable bonds is 3. The molecule has 0 amide bonds. The van der Waals surface area contributed by atoms with Crippen LogP contribution in [0.1, 0.15) is 0 Å². The largest absolute Gasteiger partial charge is 0.364 e. The highest BCUT2D eigenvalue weighted by molar-refractivity contribution is 5.56. The number of aromatic nitrogens is 1. The predicted molar refractivity (Wildman–Crippen MR) is 50.6 cm³/mol. The fourth-order valence-electron chi connectivity index (χ4n) is 1.07. The van der Waals surface area contributed by atoms with Crippen molar-refractivity contribution in [2.75, 3.05) is 19.0 Å². The van der Waals surface area contributed by atoms with Crippen LogP contribution in [0.15, 0.2) is 12.3 Å². The standard InChI is InChI=1S/C7H8N4O4/c1-9(2)7-6(11(14)15)3-5(4-8-7)10(12)13/h3-4H,1-2H3/p+1. The minimum atomic E-state index is -0.692. The third-order valence-electron chi connectivity index (χ3n) is 1.74. The van der Waals surface area contributed by atoms with Crippen molar-refractivity contribution in [1.82, 2.24) is 0 Å². The molecule has 0 aromatic carbocycles. The van der Waals surface area contributed by atoms with Gasteiger partial charge >= 0.3 is 17.2 Å². The van der Waals surface area contributed by atoms with Crippen LogP contribution >= 0.6 is 0 Å². The average Bonchev–Trinajstić information content (AvgIpc) is 2.16. The summed E-state index contributed by atoms with van der Waals surface area (Å²) in [4.78, 5) is 23.7. The maximum Gasteiger partial charge on any atom is 0.364 e. The lowest BCUT2D eigenvalue weighted by Crippen LogP contribution is -2.22. The maximum absolute atomic E-state index is 10.6. The molecule has 0 radical (unpaired) electrons. The van der Waals surface area contributed by atoms with E-state index in [-0.39, 0.29) is 17.2 Å². The Labute approximate surface area is 84.4 Å². The minimum absolute atomic E-state index is 0.214. The van der Waals surface area contributed by atoms with Crippen LogP contribution < -0.4 is 9.88 Å². The van der Waals surface area contributed by atoms with E-state index in [2.05, 4.69) is 4.98 Å². The fourth-order valence-corrected chi connectivity index (χ4v) is 1.07. The highest BCUT2D eigenvalue weighted by atomic mass is 16.6. The van der Waals surface area contributed by atoms with Gasteiger partial charge in [0.1, 0.15) is 6.07 Å². The van der Waals surface area contributed by atoms with Crippen molar-refractivity contribution in [3.8, 4) is 0 Å². The van der Waals surface area contributed by atoms with Crippen molar-refractivity contribution >= 4 is 17.2 Å². The molecule has 0 aliphatic carbocycles. The van der Waals surface area contributed by atoms with E-state index >= 15 is 0 Å². The van der Waals surface area contributed by atoms with Crippen LogP contribution in [0, 0.1) is 20.2 Å². The van der Waals surface area contributed by atoms with Gasteiger partial charge in [-0.15, -0.1) is 0 Å². The summed E-state index contributed by atoms with van der Waals surface area (Å²) in [5, 5.41) is 21.0. The third kappa shape index (κ3) is 2.16. The lowest BCUT2D eigenvalue weighted by atomic mass is 10.3. The molecular weight excluding hydrogens is 204 g/mol. The van der Waals surface area contributed by atoms with Crippen LogP contribution in [-0.4, -0.2) is 23.9 Å². The molecular formula is C7H9N4O4+. The first-order chi connectivity index (χ1) is 6.93. The summed E-state index contributed by atoms with van der Waals surface area (Å²) in [5.74, 6) is 0.214. The molecule has 0 saturated heterocycles. The number of hydrogen-bond donors (Lipinski definition) is 0. The van der Waals surface area contributed by atoms with Crippen LogP contribution in [0.25, 0.3) is 0 Å². The Balaban J connectivity index is 3.33. The molecule has 15 heavy (non-hydrogen) atoms. The molecule has 0 spiro atoms. The van der Waals surface area contributed by atoms with Gasteiger partial charge in [0.05, 0.1) is 23.9 Å². The molecule has 1 aromatic heterocycles. The maximum atomic E-state index is 10.6. The SMILES string of the molecule is CN(C)c1[nH+]cc([N+](=O)[O-])cc1[N+](=O)[O-]. The number of hydrogen-bond acceptors (Lipinski definition) is 5. The smallest absolute Gasteiger partial charge is 0.261 e. The Morgan fingerprint density at radius 2 is 1.87 bits per heavy atom. The number of nitrogens with zero attached hydrogens (tertiary/aromatic N) is 3. The second kappa shape index (κ2) is 3.86. The van der Waals surface area contributed by atoms with Crippen molar-refractivity contribution in [2.45, 2.75) is 0 Å². The van der Waals surface area contributed by atoms with Crippen molar-refractivity contribution in [3.05, 3.63) is 32.5 Å². The van der Waals surface area contributed by atoms with E-state index in [1.165, 1.54) is 4.90 Å². The van der Waals surface area contributed by atoms with E-state index in [1.807, 2.05) is 0 Å². The number of aromatic amines is 1. The van der Waals surface area contributed by atoms with Gasteiger partial charge in [0, 0.05) is 0 Å². The first-order valence-electron chi connectivity index (χ1n) is 3.95. The quantitative estimate of drug-likeness (QED) is 0.533. The summed E-state index contributed by atoms with van der Waals surface area (Å²) in [5.41, 5.74) is -0.665. The van der Waals surface area contributed by atoms with Gasteiger partial charge in [0.2, 0.25) is 0 Å². The molecule has 1 N–H and O–H groups in total. The normalized spacial score (nSPS) is 9.73. The molecule has 8 heteroatoms. The van der Waals surface area contributed by atoms with Crippen LogP contribution in [0.5, 0.6) is 0 Å². The van der Waals surface area contributed by atoms with Crippen molar-refractivity contribution in [3.63, 3.8) is 0 Å². The van der Waals surface area contributed by atoms with Crippen LogP contribution in [0.4, 0.5) is 17.2 Å². The van der Waals surface area contributed by atoms with Gasteiger partial charge in [0.25, 0.3) is 0 Å². The summed E-state index contributed by atoms with van der Waals surface area (Å²) >= 11 is 0. The van der Waals surface area contributed by atoms with E-state index < -0.39 is 9.85 Å². The molecule has 80 valence electrons. The molecule has 0 fully saturated rings. The van der Waals surface area contributed by atoms with Crippen LogP contribution in [-0.2, 0) is 0 Å². The van der Waals surface area contributed by atoms with Crippen LogP contribution in [0.2, 0.25) is 0 Å². The highest BCUT2D eigenvalue weighted by Gasteiger charge is 2.27. The molecule has 0 atom stereocenters. The van der Waals surface area contributed by atoms with E-state index in [0.717, 1.165) is 12.3 Å². The van der Waals surface area contributed by atoms with Gasteiger partial charge in [-0.1, -0.05) is 0 Å². The van der Waals surface area contributed by atoms with E-state index in [0.29, 0.717) is 0 Å². The zero-order chi connectivity index (χ0) is 11.6. The number of H-pyrrole nitrogens is 1. The molecule has 1 rings (SSSR count). The molecule has 0 aliphatic rings. The number of nitro groups is 2. The van der Waals surface area contributed by atoms with Gasteiger partial charge in [-0.2, -0.15) is 0 Å². The van der Waals surface area contributed by atoms with Crippen molar-refractivity contribution in [1.29, 1.82) is 0 Å². The Morgan fingerprint density at radius 3 is 2.27 bits per heavy atom. The first-order valence-corrected chi connectivity index (χ1v) is 3.95.